The molecule has 1 aliphatic rings. The van der Waals surface area contributed by atoms with Crippen molar-refractivity contribution in [3.63, 3.8) is 0 Å². The smallest absolute Gasteiger partial charge is 0.233 e. The third kappa shape index (κ3) is 4.35. The molecule has 0 aliphatic carbocycles. The highest BCUT2D eigenvalue weighted by molar-refractivity contribution is 8.02. The molecule has 1 aromatic heterocycles. The number of hydrogen-bond donors (Lipinski definition) is 2. The van der Waals surface area contributed by atoms with Crippen molar-refractivity contribution in [1.29, 1.82) is 0 Å². The normalized spacial score (nSPS) is 21.6. The van der Waals surface area contributed by atoms with Gasteiger partial charge in [-0.15, -0.1) is 10.2 Å². The van der Waals surface area contributed by atoms with Crippen molar-refractivity contribution in [2.24, 2.45) is 0 Å². The predicted molar refractivity (Wildman–Crippen MR) is 79.8 cm³/mol. The Bertz CT molecular complexity index is 424. The van der Waals surface area contributed by atoms with Crippen molar-refractivity contribution < 1.29 is 4.79 Å². The van der Waals surface area contributed by atoms with Crippen LogP contribution in [-0.4, -0.2) is 33.9 Å². The van der Waals surface area contributed by atoms with Crippen LogP contribution in [0.25, 0.3) is 0 Å². The average molecular weight is 300 g/mol. The second-order valence-electron chi connectivity index (χ2n) is 4.72. The molecule has 0 radical (unpaired) electrons. The topological polar surface area (TPSA) is 66.9 Å². The fourth-order valence-electron chi connectivity index (χ4n) is 1.77. The van der Waals surface area contributed by atoms with E-state index < -0.39 is 0 Å². The predicted octanol–water partition coefficient (Wildman–Crippen LogP) is 2.51. The maximum absolute atomic E-state index is 11.9. The van der Waals surface area contributed by atoms with Gasteiger partial charge in [-0.2, -0.15) is 0 Å². The van der Waals surface area contributed by atoms with Crippen LogP contribution < -0.4 is 10.6 Å². The first-order valence-electron chi connectivity index (χ1n) is 6.73. The van der Waals surface area contributed by atoms with Crippen molar-refractivity contribution in [2.75, 3.05) is 11.9 Å². The van der Waals surface area contributed by atoms with E-state index in [0.717, 1.165) is 41.7 Å². The van der Waals surface area contributed by atoms with Crippen LogP contribution in [-0.2, 0) is 4.79 Å². The van der Waals surface area contributed by atoms with Crippen LogP contribution in [0.5, 0.6) is 0 Å². The van der Waals surface area contributed by atoms with Gasteiger partial charge in [0.05, 0.1) is 5.25 Å². The van der Waals surface area contributed by atoms with Gasteiger partial charge in [-0.25, -0.2) is 0 Å². The van der Waals surface area contributed by atoms with Crippen molar-refractivity contribution in [2.45, 2.75) is 55.2 Å². The third-order valence-corrected chi connectivity index (χ3v) is 5.32. The van der Waals surface area contributed by atoms with Gasteiger partial charge in [0.1, 0.15) is 0 Å². The van der Waals surface area contributed by atoms with Gasteiger partial charge in [-0.1, -0.05) is 36.4 Å². The van der Waals surface area contributed by atoms with Crippen molar-refractivity contribution >= 4 is 34.1 Å². The minimum Gasteiger partial charge on any atom is -0.358 e. The van der Waals surface area contributed by atoms with Crippen molar-refractivity contribution in [3.05, 3.63) is 0 Å². The summed E-state index contributed by atoms with van der Waals surface area (Å²) in [4.78, 5) is 11.9. The highest BCUT2D eigenvalue weighted by Gasteiger charge is 2.23. The first-order chi connectivity index (χ1) is 9.19. The lowest BCUT2D eigenvalue weighted by molar-refractivity contribution is -0.120. The van der Waals surface area contributed by atoms with Crippen LogP contribution in [0.3, 0.4) is 0 Å². The van der Waals surface area contributed by atoms with E-state index in [1.54, 1.807) is 0 Å². The standard InChI is InChI=1S/C12H20N4OS2/c1-3-8(2)14-11-15-16-12(19-11)18-9-6-4-5-7-13-10(9)17/h8-9H,3-7H2,1-2H3,(H,13,17)(H,14,15)/t8-,9+/m1/s1. The summed E-state index contributed by atoms with van der Waals surface area (Å²) in [5.74, 6) is 0.133. The Morgan fingerprint density at radius 3 is 3.16 bits per heavy atom. The Morgan fingerprint density at radius 1 is 1.53 bits per heavy atom. The van der Waals surface area contributed by atoms with Gasteiger partial charge in [0.15, 0.2) is 4.34 Å². The maximum atomic E-state index is 11.9. The molecule has 1 amide bonds. The molecular formula is C12H20N4OS2. The molecule has 106 valence electrons. The number of rotatable bonds is 5. The van der Waals surface area contributed by atoms with E-state index in [4.69, 9.17) is 0 Å². The number of carbonyl (C=O) groups is 1. The van der Waals surface area contributed by atoms with E-state index in [9.17, 15) is 4.79 Å². The first-order valence-corrected chi connectivity index (χ1v) is 8.43. The fourth-order valence-corrected chi connectivity index (χ4v) is 3.95. The largest absolute Gasteiger partial charge is 0.358 e. The number of aromatic nitrogens is 2. The number of thioether (sulfide) groups is 1. The molecule has 0 bridgehead atoms. The zero-order valence-electron chi connectivity index (χ0n) is 11.3. The van der Waals surface area contributed by atoms with E-state index in [0.29, 0.717) is 6.04 Å². The third-order valence-electron chi connectivity index (χ3n) is 3.12. The molecule has 0 aromatic carbocycles. The molecule has 1 fully saturated rings. The Kier molecular flexibility index (Phi) is 5.45. The summed E-state index contributed by atoms with van der Waals surface area (Å²) in [6, 6.07) is 0.395. The number of carbonyl (C=O) groups excluding carboxylic acids is 1. The van der Waals surface area contributed by atoms with Gasteiger partial charge in [0, 0.05) is 12.6 Å². The van der Waals surface area contributed by atoms with E-state index in [-0.39, 0.29) is 11.2 Å². The van der Waals surface area contributed by atoms with Crippen LogP contribution in [0, 0.1) is 0 Å². The van der Waals surface area contributed by atoms with E-state index >= 15 is 0 Å². The maximum Gasteiger partial charge on any atom is 0.233 e. The van der Waals surface area contributed by atoms with E-state index in [1.165, 1.54) is 23.1 Å². The molecule has 7 heteroatoms. The minimum absolute atomic E-state index is 0.0214. The molecule has 1 aromatic rings. The lowest BCUT2D eigenvalue weighted by atomic mass is 10.2. The van der Waals surface area contributed by atoms with Crippen molar-refractivity contribution in [1.82, 2.24) is 15.5 Å². The summed E-state index contributed by atoms with van der Waals surface area (Å²) >= 11 is 3.06. The molecule has 1 saturated heterocycles. The SMILES string of the molecule is CC[C@@H](C)Nc1nnc(S[C@H]2CCCCNC2=O)s1. The molecule has 2 N–H and O–H groups in total. The molecular weight excluding hydrogens is 280 g/mol. The lowest BCUT2D eigenvalue weighted by Crippen LogP contribution is -2.30. The molecule has 0 saturated carbocycles. The van der Waals surface area contributed by atoms with Gasteiger partial charge in [-0.3, -0.25) is 4.79 Å². The average Bonchev–Trinajstić information content (AvgIpc) is 2.73. The Hall–Kier alpha value is -0.820. The summed E-state index contributed by atoms with van der Waals surface area (Å²) in [7, 11) is 0. The number of nitrogens with one attached hydrogen (secondary N) is 2. The number of amides is 1. The lowest BCUT2D eigenvalue weighted by Gasteiger charge is -2.10. The van der Waals surface area contributed by atoms with Gasteiger partial charge in [0.25, 0.3) is 0 Å². The van der Waals surface area contributed by atoms with Crippen LogP contribution in [0.15, 0.2) is 4.34 Å². The second kappa shape index (κ2) is 7.09. The summed E-state index contributed by atoms with van der Waals surface area (Å²) < 4.78 is 0.868. The van der Waals surface area contributed by atoms with Gasteiger partial charge < -0.3 is 10.6 Å². The molecule has 19 heavy (non-hydrogen) atoms. The van der Waals surface area contributed by atoms with Crippen molar-refractivity contribution in [3.8, 4) is 0 Å². The zero-order chi connectivity index (χ0) is 13.7. The quantitative estimate of drug-likeness (QED) is 0.874. The minimum atomic E-state index is -0.0214. The molecule has 2 atom stereocenters. The van der Waals surface area contributed by atoms with E-state index in [2.05, 4.69) is 34.7 Å². The molecule has 0 unspecified atom stereocenters. The highest BCUT2D eigenvalue weighted by atomic mass is 32.2. The number of nitrogens with zero attached hydrogens (tertiary/aromatic N) is 2. The summed E-state index contributed by atoms with van der Waals surface area (Å²) in [6.45, 7) is 5.05. The van der Waals surface area contributed by atoms with Crippen LogP contribution in [0.1, 0.15) is 39.5 Å². The Morgan fingerprint density at radius 2 is 2.37 bits per heavy atom. The fraction of sp³-hybridized carbons (Fsp3) is 0.750. The summed E-state index contributed by atoms with van der Waals surface area (Å²) in [5.41, 5.74) is 0. The summed E-state index contributed by atoms with van der Waals surface area (Å²) in [6.07, 6.45) is 4.13. The van der Waals surface area contributed by atoms with Gasteiger partial charge >= 0.3 is 0 Å². The van der Waals surface area contributed by atoms with Gasteiger partial charge in [0.2, 0.25) is 11.0 Å². The van der Waals surface area contributed by atoms with Crippen LogP contribution in [0.2, 0.25) is 0 Å². The number of anilines is 1. The number of hydrogen-bond acceptors (Lipinski definition) is 6. The molecule has 1 aliphatic heterocycles. The van der Waals surface area contributed by atoms with Gasteiger partial charge in [-0.05, 0) is 26.2 Å². The zero-order valence-corrected chi connectivity index (χ0v) is 12.9. The van der Waals surface area contributed by atoms with Crippen LogP contribution in [0.4, 0.5) is 5.13 Å². The molecule has 2 rings (SSSR count). The Labute approximate surface area is 122 Å². The second-order valence-corrected chi connectivity index (χ2v) is 7.15. The summed E-state index contributed by atoms with van der Waals surface area (Å²) in [5, 5.41) is 15.3. The monoisotopic (exact) mass is 300 g/mol. The highest BCUT2D eigenvalue weighted by Crippen LogP contribution is 2.32. The molecule has 0 spiro atoms. The molecule has 5 nitrogen and oxygen atoms in total. The Balaban J connectivity index is 1.93. The molecule has 2 heterocycles. The van der Waals surface area contributed by atoms with Crippen LogP contribution >= 0.6 is 23.1 Å². The van der Waals surface area contributed by atoms with E-state index in [1.807, 2.05) is 0 Å². The first kappa shape index (κ1) is 14.6.